The van der Waals surface area contributed by atoms with Gasteiger partial charge in [0.1, 0.15) is 0 Å². The Hall–Kier alpha value is -0.630. The minimum atomic E-state index is -3.48. The number of hydrogen-bond acceptors (Lipinski definition) is 4. The largest absolute Gasteiger partial charge is 0.336 e. The molecule has 1 aliphatic rings. The molecule has 1 saturated carbocycles. The van der Waals surface area contributed by atoms with Crippen molar-refractivity contribution < 1.29 is 8.42 Å². The van der Waals surface area contributed by atoms with Crippen LogP contribution >= 0.6 is 12.4 Å². The molecular weight excluding hydrogens is 324 g/mol. The minimum Gasteiger partial charge on any atom is -0.336 e. The number of halogens is 1. The lowest BCUT2D eigenvalue weighted by Crippen LogP contribution is -2.36. The zero-order chi connectivity index (χ0) is 15.1. The molecule has 0 spiro atoms. The summed E-state index contributed by atoms with van der Waals surface area (Å²) in [5.74, 6) is 0. The third-order valence-corrected chi connectivity index (χ3v) is 5.30. The highest BCUT2D eigenvalue weighted by Crippen LogP contribution is 2.16. The number of nitrogens with zero attached hydrogens (tertiary/aromatic N) is 2. The van der Waals surface area contributed by atoms with Gasteiger partial charge in [0.05, 0.1) is 6.33 Å². The van der Waals surface area contributed by atoms with Crippen molar-refractivity contribution in [2.45, 2.75) is 63.1 Å². The zero-order valence-electron chi connectivity index (χ0n) is 13.1. The normalized spacial score (nSPS) is 17.0. The standard InChI is InChI=1S/C14H26N4O2S.ClH/c1-2-18-11-14(16-12-18)21(19,20)17-10-9-15-13-7-5-3-4-6-8-13;/h11-13,15,17H,2-10H2,1H3;1H. The molecular formula is C14H27ClN4O2S. The Balaban J connectivity index is 0.00000242. The molecule has 22 heavy (non-hydrogen) atoms. The first kappa shape index (κ1) is 19.4. The summed E-state index contributed by atoms with van der Waals surface area (Å²) < 4.78 is 28.5. The van der Waals surface area contributed by atoms with E-state index in [0.29, 0.717) is 25.7 Å². The molecule has 2 rings (SSSR count). The Morgan fingerprint density at radius 1 is 1.23 bits per heavy atom. The second-order valence-corrected chi connectivity index (χ2v) is 7.30. The van der Waals surface area contributed by atoms with Crippen molar-refractivity contribution >= 4 is 22.4 Å². The van der Waals surface area contributed by atoms with Gasteiger partial charge in [-0.15, -0.1) is 12.4 Å². The van der Waals surface area contributed by atoms with Gasteiger partial charge in [-0.25, -0.2) is 18.1 Å². The minimum absolute atomic E-state index is 0. The number of nitrogens with one attached hydrogen (secondary N) is 2. The molecule has 1 aromatic rings. The summed E-state index contributed by atoms with van der Waals surface area (Å²) in [4.78, 5) is 3.93. The van der Waals surface area contributed by atoms with Crippen molar-refractivity contribution in [1.29, 1.82) is 0 Å². The smallest absolute Gasteiger partial charge is 0.259 e. The van der Waals surface area contributed by atoms with Crippen molar-refractivity contribution in [1.82, 2.24) is 19.6 Å². The lowest BCUT2D eigenvalue weighted by Gasteiger charge is -2.16. The number of sulfonamides is 1. The van der Waals surface area contributed by atoms with Gasteiger partial charge in [0.25, 0.3) is 10.0 Å². The average molecular weight is 351 g/mol. The first-order chi connectivity index (χ1) is 10.1. The molecule has 2 N–H and O–H groups in total. The van der Waals surface area contributed by atoms with Crippen LogP contribution in [0.25, 0.3) is 0 Å². The van der Waals surface area contributed by atoms with Crippen LogP contribution in [0, 0.1) is 0 Å². The molecule has 1 aliphatic carbocycles. The van der Waals surface area contributed by atoms with Crippen LogP contribution in [0.4, 0.5) is 0 Å². The molecule has 0 saturated heterocycles. The first-order valence-electron chi connectivity index (χ1n) is 7.86. The van der Waals surface area contributed by atoms with E-state index >= 15 is 0 Å². The van der Waals surface area contributed by atoms with Gasteiger partial charge in [0.15, 0.2) is 5.03 Å². The summed E-state index contributed by atoms with van der Waals surface area (Å²) >= 11 is 0. The van der Waals surface area contributed by atoms with Crippen molar-refractivity contribution in [3.05, 3.63) is 12.5 Å². The summed E-state index contributed by atoms with van der Waals surface area (Å²) in [5.41, 5.74) is 0. The van der Waals surface area contributed by atoms with E-state index in [1.165, 1.54) is 38.5 Å². The second kappa shape index (κ2) is 9.50. The van der Waals surface area contributed by atoms with Gasteiger partial charge in [-0.3, -0.25) is 0 Å². The predicted molar refractivity (Wildman–Crippen MR) is 89.8 cm³/mol. The molecule has 0 unspecified atom stereocenters. The van der Waals surface area contributed by atoms with Crippen LogP contribution in [0.3, 0.4) is 0 Å². The van der Waals surface area contributed by atoms with Gasteiger partial charge in [-0.1, -0.05) is 25.7 Å². The SMILES string of the molecule is CCn1cnc(S(=O)(=O)NCCNC2CCCCCC2)c1.Cl. The Morgan fingerprint density at radius 3 is 2.50 bits per heavy atom. The topological polar surface area (TPSA) is 76.0 Å². The number of hydrogen-bond donors (Lipinski definition) is 2. The molecule has 0 bridgehead atoms. The summed E-state index contributed by atoms with van der Waals surface area (Å²) in [5, 5.41) is 3.55. The summed E-state index contributed by atoms with van der Waals surface area (Å²) in [6.07, 6.45) is 10.7. The maximum atomic E-state index is 12.1. The lowest BCUT2D eigenvalue weighted by molar-refractivity contribution is 0.461. The van der Waals surface area contributed by atoms with Crippen LogP contribution in [0.5, 0.6) is 0 Å². The van der Waals surface area contributed by atoms with Gasteiger partial charge in [0, 0.05) is 31.9 Å². The number of aryl methyl sites for hydroxylation is 1. The van der Waals surface area contributed by atoms with Crippen LogP contribution in [0.2, 0.25) is 0 Å². The average Bonchev–Trinajstić information content (AvgIpc) is 2.82. The quantitative estimate of drug-likeness (QED) is 0.582. The number of imidazole rings is 1. The fourth-order valence-electron chi connectivity index (χ4n) is 2.67. The van der Waals surface area contributed by atoms with Crippen molar-refractivity contribution in [2.24, 2.45) is 0 Å². The van der Waals surface area contributed by atoms with Crippen LogP contribution in [0.1, 0.15) is 45.4 Å². The van der Waals surface area contributed by atoms with Crippen molar-refractivity contribution in [3.8, 4) is 0 Å². The molecule has 1 heterocycles. The molecule has 0 radical (unpaired) electrons. The molecule has 8 heteroatoms. The fourth-order valence-corrected chi connectivity index (χ4v) is 3.65. The van der Waals surface area contributed by atoms with Crippen molar-refractivity contribution in [2.75, 3.05) is 13.1 Å². The van der Waals surface area contributed by atoms with E-state index in [1.807, 2.05) is 6.92 Å². The Bertz CT molecular complexity index is 525. The van der Waals surface area contributed by atoms with Gasteiger partial charge < -0.3 is 9.88 Å². The van der Waals surface area contributed by atoms with E-state index in [-0.39, 0.29) is 17.4 Å². The fraction of sp³-hybridized carbons (Fsp3) is 0.786. The monoisotopic (exact) mass is 350 g/mol. The molecule has 1 aromatic heterocycles. The van der Waals surface area contributed by atoms with Crippen LogP contribution < -0.4 is 10.0 Å². The second-order valence-electron chi connectivity index (χ2n) is 5.58. The highest BCUT2D eigenvalue weighted by Gasteiger charge is 2.17. The summed E-state index contributed by atoms with van der Waals surface area (Å²) in [6, 6.07) is 0.538. The maximum absolute atomic E-state index is 12.1. The van der Waals surface area contributed by atoms with Gasteiger partial charge in [-0.2, -0.15) is 0 Å². The van der Waals surface area contributed by atoms with Gasteiger partial charge in [-0.05, 0) is 19.8 Å². The highest BCUT2D eigenvalue weighted by atomic mass is 35.5. The molecule has 0 amide bonds. The molecule has 128 valence electrons. The number of aromatic nitrogens is 2. The predicted octanol–water partition coefficient (Wildman–Crippen LogP) is 1.92. The molecule has 0 aromatic carbocycles. The van der Waals surface area contributed by atoms with E-state index in [4.69, 9.17) is 0 Å². The van der Waals surface area contributed by atoms with E-state index in [9.17, 15) is 8.42 Å². The summed E-state index contributed by atoms with van der Waals surface area (Å²) in [6.45, 7) is 3.73. The van der Waals surface area contributed by atoms with E-state index in [2.05, 4.69) is 15.0 Å². The van der Waals surface area contributed by atoms with Crippen LogP contribution in [-0.2, 0) is 16.6 Å². The van der Waals surface area contributed by atoms with Gasteiger partial charge >= 0.3 is 0 Å². The van der Waals surface area contributed by atoms with Crippen LogP contribution in [-0.4, -0.2) is 37.1 Å². The lowest BCUT2D eigenvalue weighted by atomic mass is 10.1. The third kappa shape index (κ3) is 5.87. The Labute approximate surface area is 139 Å². The molecule has 6 nitrogen and oxygen atoms in total. The Morgan fingerprint density at radius 2 is 1.91 bits per heavy atom. The van der Waals surface area contributed by atoms with E-state index < -0.39 is 10.0 Å². The zero-order valence-corrected chi connectivity index (χ0v) is 14.8. The summed E-state index contributed by atoms with van der Waals surface area (Å²) in [7, 11) is -3.48. The first-order valence-corrected chi connectivity index (χ1v) is 9.35. The molecule has 0 aliphatic heterocycles. The molecule has 1 fully saturated rings. The number of rotatable bonds is 7. The third-order valence-electron chi connectivity index (χ3n) is 3.96. The van der Waals surface area contributed by atoms with E-state index in [1.54, 1.807) is 17.1 Å². The van der Waals surface area contributed by atoms with Crippen molar-refractivity contribution in [3.63, 3.8) is 0 Å². The maximum Gasteiger partial charge on any atom is 0.259 e. The van der Waals surface area contributed by atoms with Crippen LogP contribution in [0.15, 0.2) is 17.6 Å². The molecule has 0 atom stereocenters. The highest BCUT2D eigenvalue weighted by molar-refractivity contribution is 7.89. The van der Waals surface area contributed by atoms with E-state index in [0.717, 1.165) is 0 Å². The van der Waals surface area contributed by atoms with Gasteiger partial charge in [0.2, 0.25) is 0 Å². The Kier molecular flexibility index (Phi) is 8.38.